The van der Waals surface area contributed by atoms with Crippen LogP contribution < -0.4 is 10.1 Å². The molecule has 3 aromatic rings. The standard InChI is InChI=1S/C13H11N5O2/c1-19-11-8-14-7-10(16-11)12-17-13(20-18-12)15-9-5-3-2-4-6-9/h2-8H,1H3,(H,15,17,18). The Bertz CT molecular complexity index is 699. The molecule has 0 aliphatic carbocycles. The molecule has 0 spiro atoms. The molecule has 1 aromatic carbocycles. The van der Waals surface area contributed by atoms with E-state index in [9.17, 15) is 0 Å². The van der Waals surface area contributed by atoms with Crippen molar-refractivity contribution in [3.8, 4) is 17.4 Å². The molecule has 0 aliphatic rings. The summed E-state index contributed by atoms with van der Waals surface area (Å²) in [5.41, 5.74) is 1.34. The number of hydrogen-bond donors (Lipinski definition) is 1. The van der Waals surface area contributed by atoms with Crippen molar-refractivity contribution < 1.29 is 9.26 Å². The minimum absolute atomic E-state index is 0.288. The molecule has 0 unspecified atom stereocenters. The highest BCUT2D eigenvalue weighted by Gasteiger charge is 2.11. The van der Waals surface area contributed by atoms with Crippen LogP contribution in [0, 0.1) is 0 Å². The Labute approximate surface area is 114 Å². The average molecular weight is 269 g/mol. The number of ether oxygens (including phenoxy) is 1. The molecule has 3 rings (SSSR count). The zero-order valence-electron chi connectivity index (χ0n) is 10.6. The molecule has 100 valence electrons. The van der Waals surface area contributed by atoms with E-state index in [0.29, 0.717) is 17.4 Å². The molecule has 20 heavy (non-hydrogen) atoms. The van der Waals surface area contributed by atoms with Gasteiger partial charge >= 0.3 is 6.01 Å². The first kappa shape index (κ1) is 12.1. The van der Waals surface area contributed by atoms with Crippen LogP contribution in [0.5, 0.6) is 5.88 Å². The first-order valence-electron chi connectivity index (χ1n) is 5.87. The lowest BCUT2D eigenvalue weighted by atomic mass is 10.3. The Balaban J connectivity index is 1.83. The number of methoxy groups -OCH3 is 1. The van der Waals surface area contributed by atoms with Gasteiger partial charge in [-0.2, -0.15) is 4.98 Å². The summed E-state index contributed by atoms with van der Waals surface area (Å²) in [4.78, 5) is 12.4. The first-order chi connectivity index (χ1) is 9.85. The van der Waals surface area contributed by atoms with Gasteiger partial charge in [-0.1, -0.05) is 23.4 Å². The third-order valence-corrected chi connectivity index (χ3v) is 2.50. The Hall–Kier alpha value is -2.96. The van der Waals surface area contributed by atoms with E-state index in [2.05, 4.69) is 25.4 Å². The summed E-state index contributed by atoms with van der Waals surface area (Å²) in [6.07, 6.45) is 3.05. The first-order valence-corrected chi connectivity index (χ1v) is 5.87. The maximum absolute atomic E-state index is 5.12. The molecular weight excluding hydrogens is 258 g/mol. The third kappa shape index (κ3) is 2.56. The van der Waals surface area contributed by atoms with Crippen LogP contribution >= 0.6 is 0 Å². The van der Waals surface area contributed by atoms with Crippen molar-refractivity contribution in [3.05, 3.63) is 42.7 Å². The lowest BCUT2D eigenvalue weighted by molar-refractivity contribution is 0.396. The highest BCUT2D eigenvalue weighted by Crippen LogP contribution is 2.19. The van der Waals surface area contributed by atoms with Gasteiger partial charge in [-0.3, -0.25) is 4.98 Å². The molecule has 0 saturated carbocycles. The monoisotopic (exact) mass is 269 g/mol. The normalized spacial score (nSPS) is 10.2. The Morgan fingerprint density at radius 1 is 1.10 bits per heavy atom. The van der Waals surface area contributed by atoms with Crippen LogP contribution in [0.2, 0.25) is 0 Å². The summed E-state index contributed by atoms with van der Waals surface area (Å²) in [5.74, 6) is 0.736. The van der Waals surface area contributed by atoms with Crippen LogP contribution in [-0.4, -0.2) is 27.2 Å². The van der Waals surface area contributed by atoms with E-state index in [-0.39, 0.29) is 6.01 Å². The van der Waals surface area contributed by atoms with Gasteiger partial charge in [-0.05, 0) is 12.1 Å². The van der Waals surface area contributed by atoms with E-state index in [1.54, 1.807) is 6.20 Å². The molecule has 7 heteroatoms. The Morgan fingerprint density at radius 3 is 2.75 bits per heavy atom. The summed E-state index contributed by atoms with van der Waals surface area (Å²) < 4.78 is 10.1. The number of para-hydroxylation sites is 1. The summed E-state index contributed by atoms with van der Waals surface area (Å²) in [6, 6.07) is 9.83. The number of nitrogens with zero attached hydrogens (tertiary/aromatic N) is 4. The minimum atomic E-state index is 0.288. The van der Waals surface area contributed by atoms with Gasteiger partial charge in [0.1, 0.15) is 5.69 Å². The number of aromatic nitrogens is 4. The minimum Gasteiger partial charge on any atom is -0.480 e. The maximum Gasteiger partial charge on any atom is 0.326 e. The predicted octanol–water partition coefficient (Wildman–Crippen LogP) is 2.28. The molecule has 0 atom stereocenters. The van der Waals surface area contributed by atoms with Gasteiger partial charge in [0, 0.05) is 5.69 Å². The van der Waals surface area contributed by atoms with Crippen LogP contribution in [-0.2, 0) is 0 Å². The summed E-state index contributed by atoms with van der Waals surface area (Å²) in [7, 11) is 1.52. The number of rotatable bonds is 4. The number of benzene rings is 1. The van der Waals surface area contributed by atoms with Crippen molar-refractivity contribution in [2.45, 2.75) is 0 Å². The fourth-order valence-electron chi connectivity index (χ4n) is 1.58. The van der Waals surface area contributed by atoms with Gasteiger partial charge in [0.05, 0.1) is 19.5 Å². The smallest absolute Gasteiger partial charge is 0.326 e. The van der Waals surface area contributed by atoms with Gasteiger partial charge in [-0.25, -0.2) is 4.98 Å². The Kier molecular flexibility index (Phi) is 3.24. The molecule has 2 aromatic heterocycles. The topological polar surface area (TPSA) is 86.0 Å². The highest BCUT2D eigenvalue weighted by atomic mass is 16.5. The van der Waals surface area contributed by atoms with E-state index in [0.717, 1.165) is 5.69 Å². The lowest BCUT2D eigenvalue weighted by Crippen LogP contribution is -1.93. The second kappa shape index (κ2) is 5.35. The zero-order chi connectivity index (χ0) is 13.8. The van der Waals surface area contributed by atoms with E-state index >= 15 is 0 Å². The summed E-state index contributed by atoms with van der Waals surface area (Å²) in [6.45, 7) is 0. The molecule has 2 heterocycles. The fraction of sp³-hybridized carbons (Fsp3) is 0.0769. The predicted molar refractivity (Wildman–Crippen MR) is 71.6 cm³/mol. The lowest BCUT2D eigenvalue weighted by Gasteiger charge is -1.99. The van der Waals surface area contributed by atoms with E-state index in [1.165, 1.54) is 13.3 Å². The van der Waals surface area contributed by atoms with Crippen molar-refractivity contribution in [1.82, 2.24) is 20.1 Å². The van der Waals surface area contributed by atoms with E-state index in [4.69, 9.17) is 9.26 Å². The average Bonchev–Trinajstić information content (AvgIpc) is 2.97. The molecule has 0 bridgehead atoms. The molecule has 1 N–H and O–H groups in total. The highest BCUT2D eigenvalue weighted by molar-refractivity contribution is 5.54. The van der Waals surface area contributed by atoms with Gasteiger partial charge < -0.3 is 14.6 Å². The van der Waals surface area contributed by atoms with E-state index < -0.39 is 0 Å². The fourth-order valence-corrected chi connectivity index (χ4v) is 1.58. The van der Waals surface area contributed by atoms with Crippen LogP contribution in [0.4, 0.5) is 11.7 Å². The summed E-state index contributed by atoms with van der Waals surface area (Å²) in [5, 5.41) is 6.85. The molecule has 0 saturated heterocycles. The van der Waals surface area contributed by atoms with Gasteiger partial charge in [0.2, 0.25) is 11.7 Å². The van der Waals surface area contributed by atoms with Gasteiger partial charge in [-0.15, -0.1) is 0 Å². The van der Waals surface area contributed by atoms with Crippen molar-refractivity contribution >= 4 is 11.7 Å². The molecule has 0 radical (unpaired) electrons. The van der Waals surface area contributed by atoms with Gasteiger partial charge in [0.15, 0.2) is 0 Å². The largest absolute Gasteiger partial charge is 0.480 e. The maximum atomic E-state index is 5.12. The van der Waals surface area contributed by atoms with Crippen LogP contribution in [0.25, 0.3) is 11.5 Å². The van der Waals surface area contributed by atoms with Crippen LogP contribution in [0.3, 0.4) is 0 Å². The van der Waals surface area contributed by atoms with Crippen LogP contribution in [0.15, 0.2) is 47.2 Å². The molecular formula is C13H11N5O2. The SMILES string of the molecule is COc1cncc(-c2noc(Nc3ccccc3)n2)n1. The third-order valence-electron chi connectivity index (χ3n) is 2.50. The van der Waals surface area contributed by atoms with Crippen molar-refractivity contribution in [3.63, 3.8) is 0 Å². The molecule has 0 fully saturated rings. The molecule has 0 amide bonds. The van der Waals surface area contributed by atoms with Crippen molar-refractivity contribution in [1.29, 1.82) is 0 Å². The summed E-state index contributed by atoms with van der Waals surface area (Å²) >= 11 is 0. The number of anilines is 2. The zero-order valence-corrected chi connectivity index (χ0v) is 10.6. The molecule has 0 aliphatic heterocycles. The quantitative estimate of drug-likeness (QED) is 0.777. The van der Waals surface area contributed by atoms with Crippen molar-refractivity contribution in [2.24, 2.45) is 0 Å². The van der Waals surface area contributed by atoms with E-state index in [1.807, 2.05) is 30.3 Å². The number of hydrogen-bond acceptors (Lipinski definition) is 7. The van der Waals surface area contributed by atoms with Crippen LogP contribution in [0.1, 0.15) is 0 Å². The second-order valence-corrected chi connectivity index (χ2v) is 3.86. The molecule has 7 nitrogen and oxygen atoms in total. The van der Waals surface area contributed by atoms with Gasteiger partial charge in [0.25, 0.3) is 0 Å². The Morgan fingerprint density at radius 2 is 1.95 bits per heavy atom. The van der Waals surface area contributed by atoms with Crippen molar-refractivity contribution in [2.75, 3.05) is 12.4 Å². The second-order valence-electron chi connectivity index (χ2n) is 3.86. The number of nitrogens with one attached hydrogen (secondary N) is 1.